The topological polar surface area (TPSA) is 61.8 Å². The van der Waals surface area contributed by atoms with Crippen molar-refractivity contribution in [2.75, 3.05) is 6.79 Å². The Hall–Kier alpha value is -2.04. The molecule has 0 bridgehead atoms. The first-order valence-corrected chi connectivity index (χ1v) is 5.54. The van der Waals surface area contributed by atoms with Gasteiger partial charge in [0.1, 0.15) is 0 Å². The highest BCUT2D eigenvalue weighted by Gasteiger charge is 2.32. The van der Waals surface area contributed by atoms with E-state index in [0.717, 1.165) is 0 Å². The van der Waals surface area contributed by atoms with Crippen LogP contribution in [0.1, 0.15) is 31.1 Å². The summed E-state index contributed by atoms with van der Waals surface area (Å²) in [7, 11) is 0. The maximum atomic E-state index is 12.2. The van der Waals surface area contributed by atoms with Gasteiger partial charge in [-0.3, -0.25) is 9.59 Å². The Labute approximate surface area is 105 Å². The normalized spacial score (nSPS) is 13.3. The lowest BCUT2D eigenvalue weighted by Crippen LogP contribution is -2.36. The van der Waals surface area contributed by atoms with E-state index in [-0.39, 0.29) is 12.6 Å². The number of hydrogen-bond acceptors (Lipinski definition) is 5. The molecule has 0 amide bonds. The van der Waals surface area contributed by atoms with Crippen LogP contribution in [-0.4, -0.2) is 24.1 Å². The third-order valence-electron chi connectivity index (χ3n) is 2.58. The van der Waals surface area contributed by atoms with Gasteiger partial charge in [-0.1, -0.05) is 0 Å². The van der Waals surface area contributed by atoms with Crippen molar-refractivity contribution in [3.63, 3.8) is 0 Å². The molecule has 1 heterocycles. The summed E-state index contributed by atoms with van der Waals surface area (Å²) < 4.78 is 15.4. The van der Waals surface area contributed by atoms with Gasteiger partial charge in [-0.25, -0.2) is 0 Å². The average molecular weight is 250 g/mol. The molecular formula is C13H14O5. The fraction of sp³-hybridized carbons (Fsp3) is 0.385. The highest BCUT2D eigenvalue weighted by Crippen LogP contribution is 2.33. The van der Waals surface area contributed by atoms with Crippen molar-refractivity contribution in [1.29, 1.82) is 0 Å². The molecule has 1 aromatic carbocycles. The lowest BCUT2D eigenvalue weighted by Gasteiger charge is -2.22. The quantitative estimate of drug-likeness (QED) is 0.606. The minimum atomic E-state index is -1.19. The Morgan fingerprint density at radius 1 is 1.22 bits per heavy atom. The van der Waals surface area contributed by atoms with Crippen LogP contribution in [0.5, 0.6) is 11.5 Å². The summed E-state index contributed by atoms with van der Waals surface area (Å²) in [6.07, 6.45) is 0. The summed E-state index contributed by atoms with van der Waals surface area (Å²) in [5.74, 6) is 0.362. The van der Waals surface area contributed by atoms with Gasteiger partial charge in [0, 0.05) is 12.5 Å². The minimum absolute atomic E-state index is 0.153. The van der Waals surface area contributed by atoms with Crippen LogP contribution in [0.15, 0.2) is 18.2 Å². The van der Waals surface area contributed by atoms with Gasteiger partial charge in [-0.05, 0) is 32.0 Å². The van der Waals surface area contributed by atoms with Crippen LogP contribution >= 0.6 is 0 Å². The standard InChI is InChI=1S/C13H14O5/c1-8(14)18-13(2,3)12(15)9-4-5-10-11(6-9)17-7-16-10/h4-6H,7H2,1-3H3. The molecule has 0 atom stereocenters. The zero-order valence-corrected chi connectivity index (χ0v) is 10.5. The smallest absolute Gasteiger partial charge is 0.303 e. The number of hydrogen-bond donors (Lipinski definition) is 0. The summed E-state index contributed by atoms with van der Waals surface area (Å²) in [6.45, 7) is 4.54. The van der Waals surface area contributed by atoms with Crippen LogP contribution in [0, 0.1) is 0 Å². The van der Waals surface area contributed by atoms with Crippen molar-refractivity contribution in [2.24, 2.45) is 0 Å². The molecule has 5 nitrogen and oxygen atoms in total. The van der Waals surface area contributed by atoms with E-state index in [1.165, 1.54) is 6.92 Å². The van der Waals surface area contributed by atoms with Crippen LogP contribution in [-0.2, 0) is 9.53 Å². The molecule has 0 saturated carbocycles. The number of rotatable bonds is 3. The molecule has 0 radical (unpaired) electrons. The van der Waals surface area contributed by atoms with Crippen molar-refractivity contribution >= 4 is 11.8 Å². The lowest BCUT2D eigenvalue weighted by molar-refractivity contribution is -0.149. The molecular weight excluding hydrogens is 236 g/mol. The SMILES string of the molecule is CC(=O)OC(C)(C)C(=O)c1ccc2c(c1)OCO2. The Balaban J connectivity index is 2.26. The third-order valence-corrected chi connectivity index (χ3v) is 2.58. The Kier molecular flexibility index (Phi) is 2.98. The molecule has 0 unspecified atom stereocenters. The zero-order valence-electron chi connectivity index (χ0n) is 10.5. The Morgan fingerprint density at radius 3 is 2.56 bits per heavy atom. The van der Waals surface area contributed by atoms with E-state index in [1.54, 1.807) is 32.0 Å². The van der Waals surface area contributed by atoms with E-state index < -0.39 is 11.6 Å². The summed E-state index contributed by atoms with van der Waals surface area (Å²) >= 11 is 0. The van der Waals surface area contributed by atoms with Gasteiger partial charge in [0.2, 0.25) is 12.6 Å². The monoisotopic (exact) mass is 250 g/mol. The third kappa shape index (κ3) is 2.30. The van der Waals surface area contributed by atoms with Crippen molar-refractivity contribution in [3.8, 4) is 11.5 Å². The van der Waals surface area contributed by atoms with Gasteiger partial charge in [-0.15, -0.1) is 0 Å². The fourth-order valence-corrected chi connectivity index (χ4v) is 1.79. The Morgan fingerprint density at radius 2 is 1.89 bits per heavy atom. The lowest BCUT2D eigenvalue weighted by atomic mass is 9.96. The van der Waals surface area contributed by atoms with E-state index in [0.29, 0.717) is 17.1 Å². The zero-order chi connectivity index (χ0) is 13.3. The molecule has 18 heavy (non-hydrogen) atoms. The molecule has 0 N–H and O–H groups in total. The molecule has 0 aromatic heterocycles. The molecule has 0 spiro atoms. The highest BCUT2D eigenvalue weighted by atomic mass is 16.7. The number of fused-ring (bicyclic) bond motifs is 1. The van der Waals surface area contributed by atoms with E-state index in [2.05, 4.69) is 0 Å². The van der Waals surface area contributed by atoms with E-state index in [1.807, 2.05) is 0 Å². The second-order valence-electron chi connectivity index (χ2n) is 4.50. The fourth-order valence-electron chi connectivity index (χ4n) is 1.79. The van der Waals surface area contributed by atoms with Crippen molar-refractivity contribution < 1.29 is 23.8 Å². The summed E-state index contributed by atoms with van der Waals surface area (Å²) in [6, 6.07) is 4.89. The maximum Gasteiger partial charge on any atom is 0.303 e. The molecule has 1 aliphatic heterocycles. The highest BCUT2D eigenvalue weighted by molar-refractivity contribution is 6.03. The second-order valence-corrected chi connectivity index (χ2v) is 4.50. The minimum Gasteiger partial charge on any atom is -0.454 e. The number of Topliss-reactive ketones (excluding diaryl/α,β-unsaturated/α-hetero) is 1. The van der Waals surface area contributed by atoms with Gasteiger partial charge < -0.3 is 14.2 Å². The van der Waals surface area contributed by atoms with Gasteiger partial charge in [0.25, 0.3) is 0 Å². The average Bonchev–Trinajstić information content (AvgIpc) is 2.72. The molecule has 2 rings (SSSR count). The predicted octanol–water partition coefficient (Wildman–Crippen LogP) is 1.94. The number of carbonyl (C=O) groups is 2. The van der Waals surface area contributed by atoms with Gasteiger partial charge in [-0.2, -0.15) is 0 Å². The molecule has 96 valence electrons. The molecule has 0 saturated heterocycles. The number of ketones is 1. The number of ether oxygens (including phenoxy) is 3. The van der Waals surface area contributed by atoms with E-state index in [4.69, 9.17) is 14.2 Å². The first-order chi connectivity index (χ1) is 8.40. The number of carbonyl (C=O) groups excluding carboxylic acids is 2. The number of esters is 1. The van der Waals surface area contributed by atoms with E-state index >= 15 is 0 Å². The Bertz CT molecular complexity index is 504. The summed E-state index contributed by atoms with van der Waals surface area (Å²) in [5, 5.41) is 0. The van der Waals surface area contributed by atoms with Crippen LogP contribution in [0.25, 0.3) is 0 Å². The molecule has 1 aliphatic rings. The van der Waals surface area contributed by atoms with Gasteiger partial charge >= 0.3 is 5.97 Å². The van der Waals surface area contributed by atoms with Crippen LogP contribution < -0.4 is 9.47 Å². The summed E-state index contributed by atoms with van der Waals surface area (Å²) in [4.78, 5) is 23.2. The second kappa shape index (κ2) is 4.33. The first-order valence-electron chi connectivity index (χ1n) is 5.54. The number of benzene rings is 1. The van der Waals surface area contributed by atoms with Gasteiger partial charge in [0.05, 0.1) is 0 Å². The van der Waals surface area contributed by atoms with Crippen molar-refractivity contribution in [1.82, 2.24) is 0 Å². The van der Waals surface area contributed by atoms with Crippen LogP contribution in [0.4, 0.5) is 0 Å². The van der Waals surface area contributed by atoms with Crippen molar-refractivity contribution in [3.05, 3.63) is 23.8 Å². The first kappa shape index (κ1) is 12.4. The maximum absolute atomic E-state index is 12.2. The van der Waals surface area contributed by atoms with Gasteiger partial charge in [0.15, 0.2) is 17.1 Å². The largest absolute Gasteiger partial charge is 0.454 e. The predicted molar refractivity (Wildman–Crippen MR) is 62.7 cm³/mol. The van der Waals surface area contributed by atoms with Crippen molar-refractivity contribution in [2.45, 2.75) is 26.4 Å². The van der Waals surface area contributed by atoms with E-state index in [9.17, 15) is 9.59 Å². The van der Waals surface area contributed by atoms with Crippen LogP contribution in [0.3, 0.4) is 0 Å². The summed E-state index contributed by atoms with van der Waals surface area (Å²) in [5.41, 5.74) is -0.773. The molecule has 0 aliphatic carbocycles. The molecule has 5 heteroatoms. The van der Waals surface area contributed by atoms with Crippen LogP contribution in [0.2, 0.25) is 0 Å². The molecule has 0 fully saturated rings. The molecule has 1 aromatic rings.